The molecule has 15 N–H and O–H groups in total. The number of carboxylic acid groups (broad SMARTS) is 2. The minimum Gasteiger partial charge on any atom is -0.481 e. The van der Waals surface area contributed by atoms with Gasteiger partial charge in [-0.05, 0) is 12.8 Å². The number of hydrogen-bond donors (Lipinski definition) is 13. The summed E-state index contributed by atoms with van der Waals surface area (Å²) in [4.78, 5) is 110. The Labute approximate surface area is 436 Å². The van der Waals surface area contributed by atoms with Crippen molar-refractivity contribution in [3.05, 3.63) is 61.3 Å². The molecule has 1 aliphatic rings. The van der Waals surface area contributed by atoms with E-state index in [1.54, 1.807) is 48.6 Å². The number of allylic oxidation sites excluding steroid dienone is 7. The molecule has 0 aliphatic carbocycles. The number of fused-ring (bicyclic) bond motifs is 1. The highest BCUT2D eigenvalue weighted by atomic mass is 32.2. The maximum atomic E-state index is 12.8. The lowest BCUT2D eigenvalue weighted by molar-refractivity contribution is -0.138. The van der Waals surface area contributed by atoms with Gasteiger partial charge in [0.25, 0.3) is 0 Å². The number of aliphatic hydroxyl groups excluding tert-OH is 3. The molecule has 3 rings (SSSR count). The molecule has 10 unspecified atom stereocenters. The van der Waals surface area contributed by atoms with Gasteiger partial charge in [0.15, 0.2) is 22.8 Å². The zero-order chi connectivity index (χ0) is 56.1. The first-order valence-electron chi connectivity index (χ1n) is 22.2. The van der Waals surface area contributed by atoms with Crippen LogP contribution in [-0.2, 0) is 60.3 Å². The minimum absolute atomic E-state index is 0.0125. The summed E-state index contributed by atoms with van der Waals surface area (Å²) in [5.74, 6) is -3.48. The summed E-state index contributed by atoms with van der Waals surface area (Å²) in [5.41, 5.74) is 9.75. The third kappa shape index (κ3) is 23.5. The van der Waals surface area contributed by atoms with Gasteiger partial charge in [0.1, 0.15) is 42.3 Å². The molecular formula is C40H61N8O22P3S2. The number of nitrogens with zero attached hydrogens (tertiary/aromatic N) is 4. The molecule has 0 bridgehead atoms. The number of carbonyl (C=O) groups is 5. The molecule has 35 heteroatoms. The van der Waals surface area contributed by atoms with Crippen molar-refractivity contribution in [2.45, 2.75) is 94.0 Å². The molecule has 0 aromatic carbocycles. The molecule has 2 aromatic rings. The number of nitrogens with two attached hydrogens (primary N) is 2. The number of nitrogens with one attached hydrogen (secondary N) is 2. The molecule has 0 spiro atoms. The SMILES string of the molecule is CC(C)(COP(=O)(O)OP(=O)(O)OCC1OC(n2cnc3c(N)ncnc32)C(O)C1OP(=O)(O)O)C(O)C(=O)NCCC(=O)NCCSC(=O)C/C=C/C=C/C=C/C=C/C(SCC(N)C(=O)O)C(O)CCCC(=O)O. The second-order valence-corrected chi connectivity index (χ2v) is 23.3. The first kappa shape index (κ1) is 65.0. The van der Waals surface area contributed by atoms with E-state index in [1.165, 1.54) is 13.8 Å². The van der Waals surface area contributed by atoms with Gasteiger partial charge < -0.3 is 71.9 Å². The van der Waals surface area contributed by atoms with Gasteiger partial charge in [-0.3, -0.25) is 42.1 Å². The van der Waals surface area contributed by atoms with Crippen LogP contribution < -0.4 is 22.1 Å². The van der Waals surface area contributed by atoms with E-state index < -0.39 is 114 Å². The summed E-state index contributed by atoms with van der Waals surface area (Å²) in [6, 6.07) is -1.13. The number of aromatic nitrogens is 4. The maximum Gasteiger partial charge on any atom is 0.481 e. The van der Waals surface area contributed by atoms with Crippen LogP contribution in [0.15, 0.2) is 61.3 Å². The molecule has 3 heterocycles. The van der Waals surface area contributed by atoms with E-state index in [2.05, 4.69) is 34.4 Å². The van der Waals surface area contributed by atoms with Gasteiger partial charge in [-0.1, -0.05) is 74.2 Å². The molecule has 30 nitrogen and oxygen atoms in total. The number of hydrogen-bond acceptors (Lipinski definition) is 23. The lowest BCUT2D eigenvalue weighted by atomic mass is 9.87. The Hall–Kier alpha value is -4.27. The number of imidazole rings is 1. The van der Waals surface area contributed by atoms with Crippen LogP contribution in [0.2, 0.25) is 0 Å². The quantitative estimate of drug-likeness (QED) is 0.0256. The van der Waals surface area contributed by atoms with Crippen molar-refractivity contribution in [2.24, 2.45) is 11.1 Å². The number of rotatable bonds is 34. The first-order valence-corrected chi connectivity index (χ1v) is 28.8. The number of thioether (sulfide) groups is 2. The van der Waals surface area contributed by atoms with Crippen molar-refractivity contribution in [2.75, 3.05) is 43.5 Å². The van der Waals surface area contributed by atoms with E-state index in [9.17, 15) is 72.6 Å². The molecule has 75 heavy (non-hydrogen) atoms. The zero-order valence-electron chi connectivity index (χ0n) is 40.1. The number of nitrogen functional groups attached to an aromatic ring is 1. The van der Waals surface area contributed by atoms with Crippen molar-refractivity contribution in [1.82, 2.24) is 30.2 Å². The highest BCUT2D eigenvalue weighted by Gasteiger charge is 2.50. The normalized spacial score (nSPS) is 20.8. The molecule has 420 valence electrons. The number of phosphoric ester groups is 3. The van der Waals surface area contributed by atoms with Crippen molar-refractivity contribution < 1.29 is 105 Å². The van der Waals surface area contributed by atoms with Gasteiger partial charge in [-0.2, -0.15) is 4.31 Å². The van der Waals surface area contributed by atoms with E-state index in [0.717, 1.165) is 40.7 Å². The van der Waals surface area contributed by atoms with Crippen LogP contribution in [0.25, 0.3) is 11.2 Å². The van der Waals surface area contributed by atoms with Crippen molar-refractivity contribution in [3.63, 3.8) is 0 Å². The summed E-state index contributed by atoms with van der Waals surface area (Å²) in [6.45, 7) is 0.218. The van der Waals surface area contributed by atoms with Crippen molar-refractivity contribution in [3.8, 4) is 0 Å². The third-order valence-corrected chi connectivity index (χ3v) is 15.5. The number of ether oxygens (including phenoxy) is 1. The Morgan fingerprint density at radius 3 is 2.27 bits per heavy atom. The van der Waals surface area contributed by atoms with E-state index in [-0.39, 0.29) is 78.8 Å². The smallest absolute Gasteiger partial charge is 0.481 e. The zero-order valence-corrected chi connectivity index (χ0v) is 44.4. The molecule has 1 aliphatic heterocycles. The standard InChI is InChI=1S/C40H61N8O22P3S2/c1-40(2,21-67-73(64,65)70-72(62,63)66-19-26-33(69-71(59,60)61)32(54)38(68-26)48-23-47-31-35(42)45-22-46-36(31)48)34(55)37(56)44-16-15-28(50)43-17-18-74-30(53)14-9-7-5-3-4-6-8-12-27(75-20-24(41)39(57)58)25(49)11-10-13-29(51)52/h3-9,12,22-27,32-34,38,49,54-55H,10-11,13-21,41H2,1-2H3,(H,43,50)(H,44,56)(H,51,52)(H,57,58)(H,62,63)(H,64,65)(H2,42,45,46)(H2,59,60,61)/b5-3+,6-4+,9-7+,12-8+. The summed E-state index contributed by atoms with van der Waals surface area (Å²) < 4.78 is 62.4. The summed E-state index contributed by atoms with van der Waals surface area (Å²) in [7, 11) is -16.5. The van der Waals surface area contributed by atoms with E-state index in [1.807, 2.05) is 0 Å². The fraction of sp³-hybridized carbons (Fsp3) is 0.550. The summed E-state index contributed by atoms with van der Waals surface area (Å²) in [6.07, 6.45) is 5.60. The van der Waals surface area contributed by atoms with Crippen LogP contribution in [0.1, 0.15) is 52.2 Å². The fourth-order valence-electron chi connectivity index (χ4n) is 6.23. The Kier molecular flexibility index (Phi) is 26.5. The van der Waals surface area contributed by atoms with Gasteiger partial charge in [0.05, 0.1) is 25.6 Å². The minimum atomic E-state index is -5.61. The van der Waals surface area contributed by atoms with Gasteiger partial charge in [-0.25, -0.2) is 28.6 Å². The molecule has 1 saturated heterocycles. The maximum absolute atomic E-state index is 12.8. The van der Waals surface area contributed by atoms with Gasteiger partial charge in [0, 0.05) is 54.5 Å². The Bertz CT molecular complexity index is 2530. The second kappa shape index (κ2) is 30.6. The van der Waals surface area contributed by atoms with Crippen LogP contribution in [0.3, 0.4) is 0 Å². The van der Waals surface area contributed by atoms with E-state index >= 15 is 0 Å². The Morgan fingerprint density at radius 1 is 0.933 bits per heavy atom. The van der Waals surface area contributed by atoms with E-state index in [0.29, 0.717) is 0 Å². The van der Waals surface area contributed by atoms with Crippen LogP contribution >= 0.6 is 47.0 Å². The molecule has 1 fully saturated rings. The predicted octanol–water partition coefficient (Wildman–Crippen LogP) is 0.409. The van der Waals surface area contributed by atoms with Crippen LogP contribution in [-0.4, -0.2) is 173 Å². The molecule has 0 radical (unpaired) electrons. The Morgan fingerprint density at radius 2 is 1.60 bits per heavy atom. The van der Waals surface area contributed by atoms with Crippen LogP contribution in [0.5, 0.6) is 0 Å². The van der Waals surface area contributed by atoms with Crippen LogP contribution in [0.4, 0.5) is 5.82 Å². The topological polar surface area (TPSA) is 484 Å². The fourth-order valence-corrected chi connectivity index (χ4v) is 10.8. The average Bonchev–Trinajstić information content (AvgIpc) is 3.88. The van der Waals surface area contributed by atoms with Gasteiger partial charge in [0.2, 0.25) is 11.8 Å². The number of phosphoric acid groups is 3. The first-order chi connectivity index (χ1) is 35.0. The summed E-state index contributed by atoms with van der Waals surface area (Å²) >= 11 is 2.11. The lowest BCUT2D eigenvalue weighted by Gasteiger charge is -2.30. The summed E-state index contributed by atoms with van der Waals surface area (Å²) in [5, 5.41) is 54.2. The number of aliphatic hydroxyl groups is 3. The Balaban J connectivity index is 1.35. The number of carboxylic acids is 2. The van der Waals surface area contributed by atoms with Crippen LogP contribution in [0, 0.1) is 5.41 Å². The number of amides is 2. The largest absolute Gasteiger partial charge is 0.481 e. The number of anilines is 1. The predicted molar refractivity (Wildman–Crippen MR) is 268 cm³/mol. The molecule has 0 saturated carbocycles. The van der Waals surface area contributed by atoms with Gasteiger partial charge >= 0.3 is 35.4 Å². The molecule has 10 atom stereocenters. The number of aliphatic carboxylic acids is 2. The molecular weight excluding hydrogens is 1100 g/mol. The highest BCUT2D eigenvalue weighted by Crippen LogP contribution is 2.61. The monoisotopic (exact) mass is 1160 g/mol. The molecule has 2 aromatic heterocycles. The third-order valence-electron chi connectivity index (χ3n) is 10.1. The van der Waals surface area contributed by atoms with Crippen molar-refractivity contribution >= 4 is 92.8 Å². The lowest BCUT2D eigenvalue weighted by Crippen LogP contribution is -2.46. The number of carbonyl (C=O) groups excluding carboxylic acids is 3. The highest BCUT2D eigenvalue weighted by molar-refractivity contribution is 8.13. The second-order valence-electron chi connectivity index (χ2n) is 16.7. The molecule has 2 amide bonds. The van der Waals surface area contributed by atoms with Gasteiger partial charge in [-0.15, -0.1) is 11.8 Å². The average molecular weight is 1160 g/mol. The van der Waals surface area contributed by atoms with Crippen molar-refractivity contribution in [1.29, 1.82) is 0 Å². The van der Waals surface area contributed by atoms with E-state index in [4.69, 9.17) is 35.5 Å².